The maximum absolute atomic E-state index is 12.4. The number of nitrogens with one attached hydrogen (secondary N) is 2. The van der Waals surface area contributed by atoms with Crippen molar-refractivity contribution in [2.45, 2.75) is 0 Å². The van der Waals surface area contributed by atoms with Crippen molar-refractivity contribution in [3.05, 3.63) is 24.3 Å². The lowest BCUT2D eigenvalue weighted by Crippen LogP contribution is -2.56. The van der Waals surface area contributed by atoms with Gasteiger partial charge in [-0.15, -0.1) is 0 Å². The number of carbonyl (C=O) groups excluding carboxylic acids is 4. The van der Waals surface area contributed by atoms with Gasteiger partial charge < -0.3 is 45.0 Å². The number of hydrogen-bond donors (Lipinski definition) is 8. The number of nitrogens with two attached hydrogens (primary N) is 6. The largest absolute Gasteiger partial charge is 0.369 e. The topological polar surface area (TPSA) is 248 Å². The third-order valence-corrected chi connectivity index (χ3v) is 4.61. The number of amides is 4. The summed E-state index contributed by atoms with van der Waals surface area (Å²) in [4.78, 5) is 47.9. The maximum atomic E-state index is 12.4. The Morgan fingerprint density at radius 3 is 1.07 bits per heavy atom. The Morgan fingerprint density at radius 2 is 0.893 bits per heavy atom. The normalized spacial score (nSPS) is 11.6. The molecule has 0 radical (unpaired) electrons. The smallest absolute Gasteiger partial charge is 0.242 e. The second-order valence-electron chi connectivity index (χ2n) is 6.19. The molecule has 0 aliphatic heterocycles. The summed E-state index contributed by atoms with van der Waals surface area (Å²) in [6, 6.07) is 5.79. The zero-order valence-corrected chi connectivity index (χ0v) is 15.2. The van der Waals surface area contributed by atoms with Crippen molar-refractivity contribution in [3.63, 3.8) is 0 Å². The molecule has 12 nitrogen and oxygen atoms in total. The molecule has 0 fully saturated rings. The number of primary amides is 2. The van der Waals surface area contributed by atoms with Gasteiger partial charge in [0, 0.05) is 37.6 Å². The molecule has 0 aromatic heterocycles. The predicted octanol–water partition coefficient (Wildman–Crippen LogP) is -3.66. The first-order valence-corrected chi connectivity index (χ1v) is 8.26. The monoisotopic (exact) mass is 394 g/mol. The third kappa shape index (κ3) is 4.26. The first-order chi connectivity index (χ1) is 13.1. The Kier molecular flexibility index (Phi) is 7.58. The summed E-state index contributed by atoms with van der Waals surface area (Å²) >= 11 is 0. The van der Waals surface area contributed by atoms with E-state index in [-0.39, 0.29) is 26.2 Å². The molecular formula is C16H26N8O4. The molecule has 0 spiro atoms. The quantitative estimate of drug-likeness (QED) is 0.183. The summed E-state index contributed by atoms with van der Waals surface area (Å²) in [6.07, 6.45) is 0. The van der Waals surface area contributed by atoms with E-state index in [1.807, 2.05) is 0 Å². The number of carbonyl (C=O) groups is 4. The standard InChI is InChI=1S/C16H26N8O4/c17-5-15(6-18,11(21)25)13(27)23-9-1-2-10(4-3-9)24-14(28)16(7-19,8-20)12(22)26/h1-4H,5-8,17-20H2,(H2,21,25)(H2,22,26)(H,23,27)(H,24,28). The Balaban J connectivity index is 2.95. The Morgan fingerprint density at radius 1 is 0.643 bits per heavy atom. The van der Waals surface area contributed by atoms with Crippen LogP contribution in [-0.2, 0) is 19.2 Å². The highest BCUT2D eigenvalue weighted by Crippen LogP contribution is 2.21. The Bertz CT molecular complexity index is 679. The van der Waals surface area contributed by atoms with E-state index in [0.717, 1.165) is 0 Å². The number of anilines is 2. The van der Waals surface area contributed by atoms with Gasteiger partial charge in [-0.1, -0.05) is 0 Å². The minimum Gasteiger partial charge on any atom is -0.369 e. The average Bonchev–Trinajstić information content (AvgIpc) is 2.65. The molecule has 0 unspecified atom stereocenters. The van der Waals surface area contributed by atoms with E-state index < -0.39 is 34.5 Å². The van der Waals surface area contributed by atoms with Crippen molar-refractivity contribution in [2.75, 3.05) is 36.8 Å². The molecule has 0 heterocycles. The fourth-order valence-electron chi connectivity index (χ4n) is 2.30. The van der Waals surface area contributed by atoms with E-state index in [9.17, 15) is 19.2 Å². The van der Waals surface area contributed by atoms with Crippen molar-refractivity contribution in [2.24, 2.45) is 45.2 Å². The number of hydrogen-bond acceptors (Lipinski definition) is 8. The highest BCUT2D eigenvalue weighted by Gasteiger charge is 2.43. The molecule has 1 rings (SSSR count). The van der Waals surface area contributed by atoms with Crippen LogP contribution in [0.5, 0.6) is 0 Å². The molecule has 14 N–H and O–H groups in total. The summed E-state index contributed by atoms with van der Waals surface area (Å²) < 4.78 is 0. The second-order valence-corrected chi connectivity index (χ2v) is 6.19. The van der Waals surface area contributed by atoms with Crippen molar-refractivity contribution in [1.82, 2.24) is 0 Å². The van der Waals surface area contributed by atoms with Gasteiger partial charge in [0.1, 0.15) is 0 Å². The van der Waals surface area contributed by atoms with Gasteiger partial charge in [0.2, 0.25) is 23.6 Å². The van der Waals surface area contributed by atoms with Crippen LogP contribution in [0.3, 0.4) is 0 Å². The summed E-state index contributed by atoms with van der Waals surface area (Å²) in [5.74, 6) is -3.38. The van der Waals surface area contributed by atoms with Gasteiger partial charge in [0.15, 0.2) is 10.8 Å². The second kappa shape index (κ2) is 9.23. The van der Waals surface area contributed by atoms with Gasteiger partial charge in [-0.3, -0.25) is 19.2 Å². The van der Waals surface area contributed by atoms with E-state index in [1.54, 1.807) is 0 Å². The van der Waals surface area contributed by atoms with E-state index in [0.29, 0.717) is 11.4 Å². The fourth-order valence-corrected chi connectivity index (χ4v) is 2.30. The van der Waals surface area contributed by atoms with Gasteiger partial charge in [0.25, 0.3) is 0 Å². The minimum absolute atomic E-state index is 0.300. The van der Waals surface area contributed by atoms with E-state index in [2.05, 4.69) is 10.6 Å². The van der Waals surface area contributed by atoms with Crippen LogP contribution in [0.1, 0.15) is 0 Å². The molecule has 28 heavy (non-hydrogen) atoms. The highest BCUT2D eigenvalue weighted by molar-refractivity contribution is 6.11. The summed E-state index contributed by atoms with van der Waals surface area (Å²) in [6.45, 7) is -1.42. The SMILES string of the molecule is NCC(CN)(C(N)=O)C(=O)Nc1ccc(NC(=O)C(CN)(CN)C(N)=O)cc1. The van der Waals surface area contributed by atoms with E-state index in [4.69, 9.17) is 34.4 Å². The van der Waals surface area contributed by atoms with E-state index in [1.165, 1.54) is 24.3 Å². The summed E-state index contributed by atoms with van der Waals surface area (Å²) in [5, 5.41) is 4.98. The van der Waals surface area contributed by atoms with Crippen LogP contribution in [0.4, 0.5) is 11.4 Å². The van der Waals surface area contributed by atoms with Crippen LogP contribution in [0, 0.1) is 10.8 Å². The molecule has 0 bridgehead atoms. The summed E-state index contributed by atoms with van der Waals surface area (Å²) in [7, 11) is 0. The van der Waals surface area contributed by atoms with Gasteiger partial charge in [0.05, 0.1) is 0 Å². The Labute approximate surface area is 161 Å². The molecule has 4 amide bonds. The lowest BCUT2D eigenvalue weighted by Gasteiger charge is -2.26. The van der Waals surface area contributed by atoms with Crippen LogP contribution < -0.4 is 45.0 Å². The molecule has 0 aliphatic carbocycles. The molecule has 12 heteroatoms. The minimum atomic E-state index is -1.74. The first kappa shape index (κ1) is 23.0. The maximum Gasteiger partial charge on any atom is 0.242 e. The van der Waals surface area contributed by atoms with Crippen LogP contribution in [0.25, 0.3) is 0 Å². The molecule has 0 saturated carbocycles. The van der Waals surface area contributed by atoms with Crippen molar-refractivity contribution in [3.8, 4) is 0 Å². The average molecular weight is 394 g/mol. The van der Waals surface area contributed by atoms with Gasteiger partial charge >= 0.3 is 0 Å². The third-order valence-electron chi connectivity index (χ3n) is 4.61. The van der Waals surface area contributed by atoms with Gasteiger partial charge in [-0.25, -0.2) is 0 Å². The predicted molar refractivity (Wildman–Crippen MR) is 103 cm³/mol. The lowest BCUT2D eigenvalue weighted by atomic mass is 9.86. The number of rotatable bonds is 10. The molecule has 0 atom stereocenters. The van der Waals surface area contributed by atoms with Crippen LogP contribution in [0.15, 0.2) is 24.3 Å². The molecule has 154 valence electrons. The van der Waals surface area contributed by atoms with Crippen molar-refractivity contribution in [1.29, 1.82) is 0 Å². The van der Waals surface area contributed by atoms with Crippen molar-refractivity contribution < 1.29 is 19.2 Å². The van der Waals surface area contributed by atoms with Crippen LogP contribution in [0.2, 0.25) is 0 Å². The Hall–Kier alpha value is -3.06. The van der Waals surface area contributed by atoms with Crippen LogP contribution >= 0.6 is 0 Å². The van der Waals surface area contributed by atoms with Crippen LogP contribution in [-0.4, -0.2) is 49.8 Å². The zero-order valence-electron chi connectivity index (χ0n) is 15.2. The zero-order chi connectivity index (χ0) is 21.5. The molecule has 0 saturated heterocycles. The molecule has 0 aliphatic rings. The fraction of sp³-hybridized carbons (Fsp3) is 0.375. The summed E-state index contributed by atoms with van der Waals surface area (Å²) in [5.41, 5.74) is 29.6. The molecular weight excluding hydrogens is 368 g/mol. The van der Waals surface area contributed by atoms with Gasteiger partial charge in [-0.2, -0.15) is 0 Å². The van der Waals surface area contributed by atoms with Crippen molar-refractivity contribution >= 4 is 35.0 Å². The van der Waals surface area contributed by atoms with Gasteiger partial charge in [-0.05, 0) is 24.3 Å². The lowest BCUT2D eigenvalue weighted by molar-refractivity contribution is -0.138. The van der Waals surface area contributed by atoms with E-state index >= 15 is 0 Å². The molecule has 1 aromatic rings. The highest BCUT2D eigenvalue weighted by atomic mass is 16.2. The molecule has 1 aromatic carbocycles. The number of benzene rings is 1. The first-order valence-electron chi connectivity index (χ1n) is 8.26.